The summed E-state index contributed by atoms with van der Waals surface area (Å²) in [5.74, 6) is 0.750. The van der Waals surface area contributed by atoms with E-state index in [1.54, 1.807) is 0 Å². The Morgan fingerprint density at radius 3 is 1.66 bits per heavy atom. The molecule has 9 heteroatoms. The third-order valence-electron chi connectivity index (χ3n) is 19.3. The fraction of sp³-hybridized carbons (Fsp3) is 0.0220. The number of aliphatic imine (C=N–C) groups is 1. The molecule has 1 atom stereocenters. The molecule has 8 nitrogen and oxygen atoms in total. The van der Waals surface area contributed by atoms with E-state index in [0.29, 0.717) is 6.42 Å². The topological polar surface area (TPSA) is 103 Å². The number of thiophene rings is 1. The van der Waals surface area contributed by atoms with Crippen LogP contribution in [-0.4, -0.2) is 35.6 Å². The SMILES string of the molecule is C1=C(c2cccc(-c3cc4ccc(-c5ccccc5)nc4c4nc(-c5ccc6c(c5)nc(-c5ccccc5)c5sc(-c7ccccc7)c(-c7ccccc7)c56)ccc34)n2)N=C(c2ccccn2)CC1c1ccc(-c2nc3ccccc3c3c(-c4ccccc4)c(-c4ccccc4)oc23)cc1. The van der Waals surface area contributed by atoms with Crippen LogP contribution in [0.25, 0.3) is 171 Å². The molecule has 0 N–H and O–H groups in total. The zero-order valence-electron chi connectivity index (χ0n) is 53.9. The van der Waals surface area contributed by atoms with Crippen LogP contribution in [0.15, 0.2) is 337 Å². The van der Waals surface area contributed by atoms with E-state index in [4.69, 9.17) is 39.3 Å². The molecule has 0 aliphatic carbocycles. The van der Waals surface area contributed by atoms with Crippen LogP contribution in [0.2, 0.25) is 0 Å². The molecule has 8 aromatic heterocycles. The van der Waals surface area contributed by atoms with Crippen LogP contribution in [0.5, 0.6) is 0 Å². The van der Waals surface area contributed by atoms with Gasteiger partial charge in [-0.05, 0) is 89.0 Å². The maximum absolute atomic E-state index is 7.09. The molecule has 0 fully saturated rings. The van der Waals surface area contributed by atoms with Crippen molar-refractivity contribution in [2.24, 2.45) is 4.99 Å². The lowest BCUT2D eigenvalue weighted by molar-refractivity contribution is 0.632. The van der Waals surface area contributed by atoms with Crippen molar-refractivity contribution >= 4 is 87.4 Å². The van der Waals surface area contributed by atoms with Crippen LogP contribution < -0.4 is 0 Å². The van der Waals surface area contributed by atoms with Crippen molar-refractivity contribution in [3.8, 4) is 100 Å². The summed E-state index contributed by atoms with van der Waals surface area (Å²) in [6, 6.07) is 110. The molecular formula is C91H57N7OS. The molecule has 0 amide bonds. The maximum Gasteiger partial charge on any atom is 0.162 e. The molecule has 9 heterocycles. The summed E-state index contributed by atoms with van der Waals surface area (Å²) in [4.78, 5) is 39.1. The van der Waals surface area contributed by atoms with Gasteiger partial charge in [-0.15, -0.1) is 11.3 Å². The van der Waals surface area contributed by atoms with Crippen molar-refractivity contribution in [1.82, 2.24) is 29.9 Å². The molecule has 1 aliphatic heterocycles. The quantitative estimate of drug-likeness (QED) is 0.112. The number of rotatable bonds is 12. The zero-order chi connectivity index (χ0) is 66.0. The summed E-state index contributed by atoms with van der Waals surface area (Å²) in [7, 11) is 0. The smallest absolute Gasteiger partial charge is 0.162 e. The van der Waals surface area contributed by atoms with E-state index in [2.05, 4.69) is 291 Å². The van der Waals surface area contributed by atoms with Gasteiger partial charge < -0.3 is 4.42 Å². The highest BCUT2D eigenvalue weighted by molar-refractivity contribution is 7.23. The van der Waals surface area contributed by atoms with Crippen molar-refractivity contribution < 1.29 is 4.42 Å². The summed E-state index contributed by atoms with van der Waals surface area (Å²) in [5, 5.41) is 6.23. The zero-order valence-corrected chi connectivity index (χ0v) is 54.7. The second-order valence-corrected chi connectivity index (χ2v) is 26.4. The molecule has 19 rings (SSSR count). The Hall–Kier alpha value is -13.0. The Balaban J connectivity index is 0.733. The van der Waals surface area contributed by atoms with Crippen molar-refractivity contribution in [3.05, 3.63) is 345 Å². The van der Waals surface area contributed by atoms with Gasteiger partial charge in [-0.2, -0.15) is 0 Å². The van der Waals surface area contributed by atoms with Crippen molar-refractivity contribution in [1.29, 1.82) is 0 Å². The van der Waals surface area contributed by atoms with Gasteiger partial charge in [-0.25, -0.2) is 29.9 Å². The van der Waals surface area contributed by atoms with E-state index in [-0.39, 0.29) is 5.92 Å². The van der Waals surface area contributed by atoms with Gasteiger partial charge in [0.25, 0.3) is 0 Å². The lowest BCUT2D eigenvalue weighted by Gasteiger charge is -2.22. The molecule has 1 aliphatic rings. The molecule has 100 heavy (non-hydrogen) atoms. The van der Waals surface area contributed by atoms with E-state index in [1.165, 1.54) is 21.4 Å². The average molecular weight is 1300 g/mol. The summed E-state index contributed by atoms with van der Waals surface area (Å²) in [6.07, 6.45) is 4.74. The molecule has 10 aromatic carbocycles. The van der Waals surface area contributed by atoms with Gasteiger partial charge in [0.05, 0.1) is 72.3 Å². The lowest BCUT2D eigenvalue weighted by Crippen LogP contribution is -2.14. The predicted octanol–water partition coefficient (Wildman–Crippen LogP) is 23.7. The number of fused-ring (bicyclic) bond motifs is 9. The number of nitrogens with zero attached hydrogens (tertiary/aromatic N) is 7. The number of aromatic nitrogens is 6. The first-order valence-electron chi connectivity index (χ1n) is 33.7. The minimum atomic E-state index is -0.0650. The van der Waals surface area contributed by atoms with Gasteiger partial charge in [-0.1, -0.05) is 255 Å². The standard InChI is InChI=1S/C91H57N7OS/c1-7-24-57(25-8-1)71-49-46-65-52-70(67-48-50-72(96-87(67)84(65)95-71)64-45-47-69-77(53-64)98-86(60-30-13-4-14-31-60)91-83(69)81(59-28-11-3-12-29-59)90(100-91)63-34-17-6-18-35-63)74-39-23-40-76(93-74)79-55-66(54-78(94-79)75-38-21-22-51-92-75)56-41-43-61(44-42-56)85-89-82(68-36-19-20-37-73(68)97-85)80(58-26-9-2-10-27-58)88(99-89)62-32-15-5-16-33-62/h1-53,55,66H,54H2. The molecule has 18 aromatic rings. The van der Waals surface area contributed by atoms with Crippen LogP contribution in [0.3, 0.4) is 0 Å². The Kier molecular flexibility index (Phi) is 14.4. The summed E-state index contributed by atoms with van der Waals surface area (Å²) in [5.41, 5.74) is 24.3. The highest BCUT2D eigenvalue weighted by Gasteiger charge is 2.28. The second-order valence-electron chi connectivity index (χ2n) is 25.3. The predicted molar refractivity (Wildman–Crippen MR) is 412 cm³/mol. The van der Waals surface area contributed by atoms with E-state index < -0.39 is 0 Å². The van der Waals surface area contributed by atoms with E-state index >= 15 is 0 Å². The fourth-order valence-corrected chi connectivity index (χ4v) is 15.9. The van der Waals surface area contributed by atoms with Crippen molar-refractivity contribution in [2.45, 2.75) is 12.3 Å². The lowest BCUT2D eigenvalue weighted by atomic mass is 9.88. The number of hydrogen-bond acceptors (Lipinski definition) is 9. The number of hydrogen-bond donors (Lipinski definition) is 0. The first kappa shape index (κ1) is 58.4. The highest BCUT2D eigenvalue weighted by atomic mass is 32.1. The third-order valence-corrected chi connectivity index (χ3v) is 20.5. The van der Waals surface area contributed by atoms with E-state index in [1.807, 2.05) is 47.9 Å². The van der Waals surface area contributed by atoms with Gasteiger partial charge in [-0.3, -0.25) is 4.98 Å². The molecular weight excluding hydrogens is 1240 g/mol. The first-order chi connectivity index (χ1) is 49.6. The van der Waals surface area contributed by atoms with Crippen LogP contribution in [0.4, 0.5) is 0 Å². The summed E-state index contributed by atoms with van der Waals surface area (Å²) in [6.45, 7) is 0. The summed E-state index contributed by atoms with van der Waals surface area (Å²) < 4.78 is 8.24. The van der Waals surface area contributed by atoms with Crippen molar-refractivity contribution in [3.63, 3.8) is 0 Å². The largest absolute Gasteiger partial charge is 0.453 e. The van der Waals surface area contributed by atoms with E-state index in [9.17, 15) is 0 Å². The highest BCUT2D eigenvalue weighted by Crippen LogP contribution is 2.51. The molecule has 1 unspecified atom stereocenters. The molecule has 468 valence electrons. The Bertz CT molecular complexity index is 6260. The minimum Gasteiger partial charge on any atom is -0.453 e. The molecule has 0 saturated carbocycles. The van der Waals surface area contributed by atoms with Gasteiger partial charge in [0, 0.05) is 100 Å². The number of pyridine rings is 6. The Labute approximate surface area is 580 Å². The molecule has 0 radical (unpaired) electrons. The van der Waals surface area contributed by atoms with E-state index in [0.717, 1.165) is 172 Å². The normalized spacial score (nSPS) is 13.2. The number of allylic oxidation sites excluding steroid dienone is 1. The first-order valence-corrected chi connectivity index (χ1v) is 34.5. The second kappa shape index (κ2) is 24.6. The van der Waals surface area contributed by atoms with Crippen LogP contribution in [0, 0.1) is 0 Å². The van der Waals surface area contributed by atoms with Crippen molar-refractivity contribution in [2.75, 3.05) is 0 Å². The molecule has 0 spiro atoms. The number of para-hydroxylation sites is 1. The van der Waals surface area contributed by atoms with Gasteiger partial charge >= 0.3 is 0 Å². The van der Waals surface area contributed by atoms with Gasteiger partial charge in [0.2, 0.25) is 0 Å². The monoisotopic (exact) mass is 1300 g/mol. The summed E-state index contributed by atoms with van der Waals surface area (Å²) >= 11 is 1.81. The Morgan fingerprint density at radius 2 is 0.930 bits per heavy atom. The van der Waals surface area contributed by atoms with Crippen LogP contribution in [-0.2, 0) is 0 Å². The third kappa shape index (κ3) is 10.3. The number of benzene rings is 10. The number of furan rings is 1. The Morgan fingerprint density at radius 1 is 0.360 bits per heavy atom. The van der Waals surface area contributed by atoms with Crippen LogP contribution >= 0.6 is 11.3 Å². The minimum absolute atomic E-state index is 0.0650. The fourth-order valence-electron chi connectivity index (χ4n) is 14.5. The van der Waals surface area contributed by atoms with Gasteiger partial charge in [0.15, 0.2) is 5.58 Å². The van der Waals surface area contributed by atoms with Crippen LogP contribution in [0.1, 0.15) is 29.3 Å². The molecule has 0 saturated heterocycles. The average Bonchev–Trinajstić information content (AvgIpc) is 1.53. The molecule has 0 bridgehead atoms. The van der Waals surface area contributed by atoms with Gasteiger partial charge in [0.1, 0.15) is 11.5 Å². The maximum atomic E-state index is 7.09.